The Bertz CT molecular complexity index is 734. The van der Waals surface area contributed by atoms with E-state index in [0.717, 1.165) is 11.1 Å². The van der Waals surface area contributed by atoms with Crippen LogP contribution in [0.3, 0.4) is 0 Å². The minimum absolute atomic E-state index is 0.109. The van der Waals surface area contributed by atoms with Gasteiger partial charge in [-0.25, -0.2) is 9.59 Å². The first kappa shape index (κ1) is 17.9. The van der Waals surface area contributed by atoms with E-state index < -0.39 is 18.1 Å². The number of hydrogen-bond donors (Lipinski definition) is 1. The van der Waals surface area contributed by atoms with Crippen molar-refractivity contribution in [2.45, 2.75) is 31.8 Å². The van der Waals surface area contributed by atoms with Gasteiger partial charge in [-0.2, -0.15) is 0 Å². The molecule has 0 aliphatic carbocycles. The molecular formula is C20H21NO5. The summed E-state index contributed by atoms with van der Waals surface area (Å²) in [5.74, 6) is -1.05. The van der Waals surface area contributed by atoms with Gasteiger partial charge in [0, 0.05) is 6.42 Å². The molecule has 1 aliphatic rings. The van der Waals surface area contributed by atoms with E-state index in [1.54, 1.807) is 0 Å². The zero-order valence-electron chi connectivity index (χ0n) is 14.3. The quantitative estimate of drug-likeness (QED) is 0.862. The minimum Gasteiger partial charge on any atom is -0.480 e. The Morgan fingerprint density at radius 2 is 1.54 bits per heavy atom. The van der Waals surface area contributed by atoms with E-state index in [1.807, 2.05) is 60.7 Å². The zero-order chi connectivity index (χ0) is 18.4. The van der Waals surface area contributed by atoms with Gasteiger partial charge < -0.3 is 14.6 Å². The maximum absolute atomic E-state index is 12.3. The summed E-state index contributed by atoms with van der Waals surface area (Å²) in [7, 11) is 0. The first-order valence-electron chi connectivity index (χ1n) is 8.49. The van der Waals surface area contributed by atoms with E-state index in [0.29, 0.717) is 6.61 Å². The lowest BCUT2D eigenvalue weighted by atomic mass is 10.2. The average Bonchev–Trinajstić information content (AvgIpc) is 3.11. The monoisotopic (exact) mass is 355 g/mol. The van der Waals surface area contributed by atoms with E-state index >= 15 is 0 Å². The highest BCUT2D eigenvalue weighted by Gasteiger charge is 2.41. The second kappa shape index (κ2) is 8.49. The second-order valence-electron chi connectivity index (χ2n) is 6.20. The summed E-state index contributed by atoms with van der Waals surface area (Å²) in [5, 5.41) is 9.42. The minimum atomic E-state index is -1.05. The van der Waals surface area contributed by atoms with E-state index in [2.05, 4.69) is 0 Å². The van der Waals surface area contributed by atoms with Gasteiger partial charge >= 0.3 is 12.1 Å². The number of rotatable bonds is 6. The Balaban J connectivity index is 1.56. The molecule has 1 N–H and O–H groups in total. The number of aliphatic carboxylic acids is 1. The van der Waals surface area contributed by atoms with Crippen LogP contribution < -0.4 is 0 Å². The third-order valence-electron chi connectivity index (χ3n) is 4.32. The van der Waals surface area contributed by atoms with Crippen LogP contribution in [-0.2, 0) is 27.5 Å². The molecule has 0 unspecified atom stereocenters. The van der Waals surface area contributed by atoms with E-state index in [1.165, 1.54) is 4.90 Å². The van der Waals surface area contributed by atoms with Gasteiger partial charge in [0.1, 0.15) is 12.6 Å². The van der Waals surface area contributed by atoms with E-state index in [-0.39, 0.29) is 25.7 Å². The van der Waals surface area contributed by atoms with Gasteiger partial charge in [0.2, 0.25) is 0 Å². The summed E-state index contributed by atoms with van der Waals surface area (Å²) in [6.45, 7) is 0.695. The number of ether oxygens (including phenoxy) is 2. The van der Waals surface area contributed by atoms with Crippen molar-refractivity contribution in [3.8, 4) is 0 Å². The van der Waals surface area contributed by atoms with Crippen LogP contribution in [0, 0.1) is 0 Å². The number of carboxylic acid groups (broad SMARTS) is 1. The van der Waals surface area contributed by atoms with Crippen molar-refractivity contribution in [2.24, 2.45) is 0 Å². The van der Waals surface area contributed by atoms with Crippen LogP contribution in [0.2, 0.25) is 0 Å². The molecule has 2 aromatic rings. The third kappa shape index (κ3) is 4.61. The number of hydrogen-bond acceptors (Lipinski definition) is 4. The maximum atomic E-state index is 12.3. The highest BCUT2D eigenvalue weighted by Crippen LogP contribution is 2.23. The van der Waals surface area contributed by atoms with Gasteiger partial charge in [-0.15, -0.1) is 0 Å². The Morgan fingerprint density at radius 1 is 0.962 bits per heavy atom. The number of amides is 1. The lowest BCUT2D eigenvalue weighted by molar-refractivity contribution is -0.141. The summed E-state index contributed by atoms with van der Waals surface area (Å²) in [4.78, 5) is 25.1. The maximum Gasteiger partial charge on any atom is 0.410 e. The lowest BCUT2D eigenvalue weighted by Gasteiger charge is -2.20. The Morgan fingerprint density at radius 3 is 2.12 bits per heavy atom. The van der Waals surface area contributed by atoms with Gasteiger partial charge in [-0.05, 0) is 11.1 Å². The standard InChI is InChI=1S/C20H21NO5/c22-19(23)18-11-17(25-13-15-7-3-1-4-8-15)12-21(18)20(24)26-14-16-9-5-2-6-10-16/h1-10,17-18H,11-14H2,(H,22,23)/t17-,18+/m0/s1. The molecule has 0 saturated carbocycles. The van der Waals surface area contributed by atoms with Crippen molar-refractivity contribution in [3.63, 3.8) is 0 Å². The molecule has 136 valence electrons. The SMILES string of the molecule is O=C(O)[C@H]1C[C@H](OCc2ccccc2)CN1C(=O)OCc1ccccc1. The van der Waals surface area contributed by atoms with Crippen molar-refractivity contribution >= 4 is 12.1 Å². The molecule has 26 heavy (non-hydrogen) atoms. The average molecular weight is 355 g/mol. The lowest BCUT2D eigenvalue weighted by Crippen LogP contribution is -2.40. The fraction of sp³-hybridized carbons (Fsp3) is 0.300. The Kier molecular flexibility index (Phi) is 5.86. The molecule has 2 aromatic carbocycles. The third-order valence-corrected chi connectivity index (χ3v) is 4.32. The molecule has 1 saturated heterocycles. The summed E-state index contributed by atoms with van der Waals surface area (Å²) in [5.41, 5.74) is 1.85. The van der Waals surface area contributed by atoms with Gasteiger partial charge in [0.25, 0.3) is 0 Å². The normalized spacial score (nSPS) is 19.3. The molecule has 1 amide bonds. The molecular weight excluding hydrogens is 334 g/mol. The first-order chi connectivity index (χ1) is 12.6. The van der Waals surface area contributed by atoms with Gasteiger partial charge in [-0.1, -0.05) is 60.7 Å². The predicted molar refractivity (Wildman–Crippen MR) is 94.4 cm³/mol. The van der Waals surface area contributed by atoms with Crippen LogP contribution in [-0.4, -0.2) is 40.8 Å². The van der Waals surface area contributed by atoms with Crippen molar-refractivity contribution in [1.82, 2.24) is 4.90 Å². The van der Waals surface area contributed by atoms with E-state index in [9.17, 15) is 14.7 Å². The van der Waals surface area contributed by atoms with Crippen LogP contribution in [0.4, 0.5) is 4.79 Å². The van der Waals surface area contributed by atoms with Crippen LogP contribution in [0.25, 0.3) is 0 Å². The highest BCUT2D eigenvalue weighted by atomic mass is 16.6. The van der Waals surface area contributed by atoms with Crippen molar-refractivity contribution < 1.29 is 24.2 Å². The number of carboxylic acids is 1. The number of likely N-dealkylation sites (tertiary alicyclic amines) is 1. The fourth-order valence-corrected chi connectivity index (χ4v) is 2.94. The number of carbonyl (C=O) groups is 2. The molecule has 6 nitrogen and oxygen atoms in total. The predicted octanol–water partition coefficient (Wildman–Crippen LogP) is 3.07. The van der Waals surface area contributed by atoms with Crippen LogP contribution in [0.15, 0.2) is 60.7 Å². The Hall–Kier alpha value is -2.86. The highest BCUT2D eigenvalue weighted by molar-refractivity contribution is 5.80. The molecule has 3 rings (SSSR count). The molecule has 1 aliphatic heterocycles. The molecule has 6 heteroatoms. The zero-order valence-corrected chi connectivity index (χ0v) is 14.3. The number of nitrogens with zero attached hydrogens (tertiary/aromatic N) is 1. The largest absolute Gasteiger partial charge is 0.480 e. The summed E-state index contributed by atoms with van der Waals surface area (Å²) in [6, 6.07) is 18.0. The summed E-state index contributed by atoms with van der Waals surface area (Å²) in [6.07, 6.45) is -0.713. The van der Waals surface area contributed by atoms with Crippen LogP contribution in [0.1, 0.15) is 17.5 Å². The summed E-state index contributed by atoms with van der Waals surface area (Å²) < 4.78 is 11.1. The Labute approximate surface area is 152 Å². The molecule has 1 fully saturated rings. The van der Waals surface area contributed by atoms with Gasteiger partial charge in [0.05, 0.1) is 19.3 Å². The summed E-state index contributed by atoms with van der Waals surface area (Å²) >= 11 is 0. The smallest absolute Gasteiger partial charge is 0.410 e. The fourth-order valence-electron chi connectivity index (χ4n) is 2.94. The molecule has 1 heterocycles. The molecule has 0 spiro atoms. The van der Waals surface area contributed by atoms with Crippen molar-refractivity contribution in [3.05, 3.63) is 71.8 Å². The van der Waals surface area contributed by atoms with Crippen molar-refractivity contribution in [1.29, 1.82) is 0 Å². The number of carbonyl (C=O) groups excluding carboxylic acids is 1. The van der Waals surface area contributed by atoms with E-state index in [4.69, 9.17) is 9.47 Å². The van der Waals surface area contributed by atoms with Gasteiger partial charge in [-0.3, -0.25) is 4.90 Å². The molecule has 0 bridgehead atoms. The molecule has 2 atom stereocenters. The van der Waals surface area contributed by atoms with Crippen LogP contribution in [0.5, 0.6) is 0 Å². The second-order valence-corrected chi connectivity index (χ2v) is 6.20. The molecule has 0 aromatic heterocycles. The topological polar surface area (TPSA) is 76.1 Å². The van der Waals surface area contributed by atoms with Crippen LogP contribution >= 0.6 is 0 Å². The first-order valence-corrected chi connectivity index (χ1v) is 8.49. The van der Waals surface area contributed by atoms with Gasteiger partial charge in [0.15, 0.2) is 0 Å². The number of benzene rings is 2. The van der Waals surface area contributed by atoms with Crippen molar-refractivity contribution in [2.75, 3.05) is 6.54 Å². The molecule has 0 radical (unpaired) electrons.